The smallest absolute Gasteiger partial charge is 0.324 e. The highest BCUT2D eigenvalue weighted by Gasteiger charge is 2.11. The van der Waals surface area contributed by atoms with E-state index in [0.717, 1.165) is 11.3 Å². The average molecular weight is 482 g/mol. The minimum absolute atomic E-state index is 0.0775. The molecule has 2 heterocycles. The Morgan fingerprint density at radius 2 is 1.71 bits per heavy atom. The first-order valence-electron chi connectivity index (χ1n) is 10.2. The van der Waals surface area contributed by atoms with Gasteiger partial charge in [0, 0.05) is 34.9 Å². The van der Waals surface area contributed by atoms with Gasteiger partial charge in [0.05, 0.1) is 5.02 Å². The van der Waals surface area contributed by atoms with Crippen molar-refractivity contribution in [3.8, 4) is 11.8 Å². The summed E-state index contributed by atoms with van der Waals surface area (Å²) in [6, 6.07) is 12.4. The van der Waals surface area contributed by atoms with E-state index in [1.54, 1.807) is 24.3 Å². The van der Waals surface area contributed by atoms with Gasteiger partial charge in [-0.05, 0) is 62.7 Å². The summed E-state index contributed by atoms with van der Waals surface area (Å²) in [5, 5.41) is 15.3. The summed E-state index contributed by atoms with van der Waals surface area (Å²) < 4.78 is 19.2. The van der Waals surface area contributed by atoms with E-state index in [1.165, 1.54) is 18.2 Å². The van der Waals surface area contributed by atoms with Crippen LogP contribution in [0.3, 0.4) is 0 Å². The van der Waals surface area contributed by atoms with Crippen molar-refractivity contribution >= 4 is 40.6 Å². The summed E-state index contributed by atoms with van der Waals surface area (Å²) in [5.41, 5.74) is 3.30. The molecule has 0 saturated carbocycles. The first-order chi connectivity index (χ1) is 16.2. The standard InChI is InChI=1S/C23H21ClFN7O2/c1-12-8-15(27-22(33)28-16-4-6-18(25)17(24)11-16)5-7-19(12)34-23-26-13(2)9-20(30-23)29-21-10-14(3)31-32-21/h4-11H,1-3H3,(H2,27,28,33)(H2,26,29,30,31,32). The number of nitrogens with one attached hydrogen (secondary N) is 4. The molecule has 0 aliphatic heterocycles. The number of aryl methyl sites for hydroxylation is 3. The first-order valence-corrected chi connectivity index (χ1v) is 10.6. The molecular weight excluding hydrogens is 461 g/mol. The van der Waals surface area contributed by atoms with Gasteiger partial charge in [-0.2, -0.15) is 10.1 Å². The van der Waals surface area contributed by atoms with E-state index in [-0.39, 0.29) is 11.0 Å². The molecule has 0 fully saturated rings. The zero-order valence-corrected chi connectivity index (χ0v) is 19.3. The number of hydrogen-bond acceptors (Lipinski definition) is 6. The lowest BCUT2D eigenvalue weighted by Crippen LogP contribution is -2.19. The normalized spacial score (nSPS) is 10.6. The molecule has 2 aromatic carbocycles. The second-order valence-electron chi connectivity index (χ2n) is 7.53. The number of aromatic nitrogens is 4. The molecule has 4 rings (SSSR count). The van der Waals surface area contributed by atoms with Crippen molar-refractivity contribution in [1.82, 2.24) is 20.2 Å². The molecule has 0 aliphatic carbocycles. The predicted octanol–water partition coefficient (Wildman–Crippen LogP) is 6.10. The van der Waals surface area contributed by atoms with Crippen LogP contribution >= 0.6 is 11.6 Å². The van der Waals surface area contributed by atoms with Crippen molar-refractivity contribution in [2.24, 2.45) is 0 Å². The molecular formula is C23H21ClFN7O2. The maximum Gasteiger partial charge on any atom is 0.324 e. The van der Waals surface area contributed by atoms with Crippen LogP contribution in [0.25, 0.3) is 0 Å². The van der Waals surface area contributed by atoms with Gasteiger partial charge in [-0.1, -0.05) is 11.6 Å². The van der Waals surface area contributed by atoms with Gasteiger partial charge in [0.1, 0.15) is 17.4 Å². The van der Waals surface area contributed by atoms with Crippen LogP contribution in [0.4, 0.5) is 32.2 Å². The number of carbonyl (C=O) groups is 1. The second-order valence-corrected chi connectivity index (χ2v) is 7.94. The molecule has 4 aromatic rings. The van der Waals surface area contributed by atoms with Crippen LogP contribution in [0, 0.1) is 26.6 Å². The Kier molecular flexibility index (Phi) is 6.60. The SMILES string of the molecule is Cc1cc(Nc2cc(C)[nH]n2)nc(Oc2ccc(NC(=O)Nc3ccc(F)c(Cl)c3)cc2C)n1. The maximum atomic E-state index is 13.3. The molecule has 2 amide bonds. The van der Waals surface area contributed by atoms with Crippen LogP contribution in [0.1, 0.15) is 17.0 Å². The molecule has 11 heteroatoms. The molecule has 34 heavy (non-hydrogen) atoms. The molecule has 0 aliphatic rings. The summed E-state index contributed by atoms with van der Waals surface area (Å²) in [7, 11) is 0. The van der Waals surface area contributed by atoms with Gasteiger partial charge in [-0.25, -0.2) is 14.2 Å². The van der Waals surface area contributed by atoms with E-state index >= 15 is 0 Å². The zero-order chi connectivity index (χ0) is 24.2. The Morgan fingerprint density at radius 1 is 0.971 bits per heavy atom. The summed E-state index contributed by atoms with van der Waals surface area (Å²) in [6.07, 6.45) is 0. The molecule has 0 spiro atoms. The minimum atomic E-state index is -0.560. The number of hydrogen-bond donors (Lipinski definition) is 4. The van der Waals surface area contributed by atoms with E-state index in [2.05, 4.69) is 36.1 Å². The number of carbonyl (C=O) groups excluding carboxylic acids is 1. The number of ether oxygens (including phenoxy) is 1. The van der Waals surface area contributed by atoms with E-state index in [9.17, 15) is 9.18 Å². The zero-order valence-electron chi connectivity index (χ0n) is 18.5. The highest BCUT2D eigenvalue weighted by atomic mass is 35.5. The van der Waals surface area contributed by atoms with Crippen molar-refractivity contribution in [3.05, 3.63) is 76.3 Å². The number of anilines is 4. The van der Waals surface area contributed by atoms with Gasteiger partial charge in [-0.15, -0.1) is 0 Å². The van der Waals surface area contributed by atoms with E-state index in [0.29, 0.717) is 34.5 Å². The lowest BCUT2D eigenvalue weighted by atomic mass is 10.2. The number of benzene rings is 2. The molecule has 4 N–H and O–H groups in total. The Hall–Kier alpha value is -4.18. The molecule has 0 bridgehead atoms. The van der Waals surface area contributed by atoms with Crippen LogP contribution in [0.15, 0.2) is 48.5 Å². The summed E-state index contributed by atoms with van der Waals surface area (Å²) in [4.78, 5) is 21.0. The van der Waals surface area contributed by atoms with Crippen LogP contribution in [0.2, 0.25) is 5.02 Å². The maximum absolute atomic E-state index is 13.3. The fraction of sp³-hybridized carbons (Fsp3) is 0.130. The summed E-state index contributed by atoms with van der Waals surface area (Å²) in [5.74, 6) is 1.15. The lowest BCUT2D eigenvalue weighted by molar-refractivity contribution is 0.262. The second kappa shape index (κ2) is 9.75. The van der Waals surface area contributed by atoms with E-state index in [1.807, 2.05) is 26.8 Å². The molecule has 0 atom stereocenters. The minimum Gasteiger partial charge on any atom is -0.424 e. The number of rotatable bonds is 6. The van der Waals surface area contributed by atoms with E-state index in [4.69, 9.17) is 16.3 Å². The Balaban J connectivity index is 1.43. The van der Waals surface area contributed by atoms with Crippen molar-refractivity contribution < 1.29 is 13.9 Å². The van der Waals surface area contributed by atoms with Gasteiger partial charge >= 0.3 is 12.0 Å². The molecule has 2 aromatic heterocycles. The van der Waals surface area contributed by atoms with Crippen LogP contribution in [-0.4, -0.2) is 26.2 Å². The third-order valence-electron chi connectivity index (χ3n) is 4.61. The average Bonchev–Trinajstić information content (AvgIpc) is 3.17. The topological polar surface area (TPSA) is 117 Å². The quantitative estimate of drug-likeness (QED) is 0.264. The third-order valence-corrected chi connectivity index (χ3v) is 4.90. The Labute approximate surface area is 199 Å². The molecule has 0 saturated heterocycles. The van der Waals surface area contributed by atoms with Crippen molar-refractivity contribution in [2.75, 3.05) is 16.0 Å². The fourth-order valence-corrected chi connectivity index (χ4v) is 3.25. The number of amides is 2. The number of nitrogens with zero attached hydrogens (tertiary/aromatic N) is 3. The highest BCUT2D eigenvalue weighted by Crippen LogP contribution is 2.27. The number of urea groups is 1. The lowest BCUT2D eigenvalue weighted by Gasteiger charge is -2.12. The van der Waals surface area contributed by atoms with Crippen molar-refractivity contribution in [1.29, 1.82) is 0 Å². The number of H-pyrrole nitrogens is 1. The number of halogens is 2. The molecule has 0 radical (unpaired) electrons. The van der Waals surface area contributed by atoms with Gasteiger partial charge in [0.25, 0.3) is 0 Å². The van der Waals surface area contributed by atoms with Crippen LogP contribution in [-0.2, 0) is 0 Å². The monoisotopic (exact) mass is 481 g/mol. The van der Waals surface area contributed by atoms with Crippen LogP contribution < -0.4 is 20.7 Å². The number of aromatic amines is 1. The fourth-order valence-electron chi connectivity index (χ4n) is 3.07. The van der Waals surface area contributed by atoms with Gasteiger partial charge in [0.2, 0.25) is 0 Å². The molecule has 0 unspecified atom stereocenters. The van der Waals surface area contributed by atoms with E-state index < -0.39 is 11.8 Å². The van der Waals surface area contributed by atoms with Gasteiger partial charge in [0.15, 0.2) is 5.82 Å². The highest BCUT2D eigenvalue weighted by molar-refractivity contribution is 6.31. The van der Waals surface area contributed by atoms with Crippen LogP contribution in [0.5, 0.6) is 11.8 Å². The Bertz CT molecular complexity index is 1360. The molecule has 174 valence electrons. The summed E-state index contributed by atoms with van der Waals surface area (Å²) >= 11 is 5.74. The third kappa shape index (κ3) is 5.78. The Morgan fingerprint density at radius 3 is 2.38 bits per heavy atom. The molecule has 9 nitrogen and oxygen atoms in total. The van der Waals surface area contributed by atoms with Gasteiger partial charge < -0.3 is 20.7 Å². The van der Waals surface area contributed by atoms with Gasteiger partial charge in [-0.3, -0.25) is 5.10 Å². The van der Waals surface area contributed by atoms with Crippen molar-refractivity contribution in [3.63, 3.8) is 0 Å². The first kappa shape index (κ1) is 23.0. The summed E-state index contributed by atoms with van der Waals surface area (Å²) in [6.45, 7) is 5.57. The predicted molar refractivity (Wildman–Crippen MR) is 129 cm³/mol. The van der Waals surface area contributed by atoms with Crippen molar-refractivity contribution in [2.45, 2.75) is 20.8 Å². The largest absolute Gasteiger partial charge is 0.424 e.